The molecule has 1 aromatic heterocycles. The van der Waals surface area contributed by atoms with Gasteiger partial charge in [-0.15, -0.1) is 0 Å². The highest BCUT2D eigenvalue weighted by Crippen LogP contribution is 2.34. The van der Waals surface area contributed by atoms with Crippen LogP contribution < -0.4 is 0 Å². The number of benzene rings is 1. The van der Waals surface area contributed by atoms with Crippen LogP contribution in [0.4, 0.5) is 0 Å². The minimum absolute atomic E-state index is 0.522. The van der Waals surface area contributed by atoms with E-state index in [4.69, 9.17) is 4.42 Å². The van der Waals surface area contributed by atoms with Crippen molar-refractivity contribution in [2.24, 2.45) is 0 Å². The number of furan rings is 1. The van der Waals surface area contributed by atoms with E-state index in [0.29, 0.717) is 5.76 Å². The molecular weight excluding hydrogens is 383 g/mol. The molecule has 16 heavy (non-hydrogen) atoms. The molecule has 2 rings (SSSR count). The molecular formula is C12H10BrIO2. The van der Waals surface area contributed by atoms with Crippen LogP contribution in [0.1, 0.15) is 18.2 Å². The van der Waals surface area contributed by atoms with Gasteiger partial charge in [-0.25, -0.2) is 0 Å². The lowest BCUT2D eigenvalue weighted by Gasteiger charge is -2.22. The van der Waals surface area contributed by atoms with Crippen molar-refractivity contribution < 1.29 is 9.52 Å². The van der Waals surface area contributed by atoms with Crippen molar-refractivity contribution in [1.29, 1.82) is 0 Å². The predicted molar refractivity (Wildman–Crippen MR) is 74.2 cm³/mol. The van der Waals surface area contributed by atoms with Crippen LogP contribution in [0.3, 0.4) is 0 Å². The summed E-state index contributed by atoms with van der Waals surface area (Å²) in [4.78, 5) is 0. The van der Waals surface area contributed by atoms with Gasteiger partial charge in [-0.1, -0.05) is 12.1 Å². The average molecular weight is 393 g/mol. The molecule has 2 aromatic rings. The van der Waals surface area contributed by atoms with Gasteiger partial charge in [-0.2, -0.15) is 0 Å². The Morgan fingerprint density at radius 1 is 1.25 bits per heavy atom. The topological polar surface area (TPSA) is 33.4 Å². The summed E-state index contributed by atoms with van der Waals surface area (Å²) in [5.41, 5.74) is -0.310. The minimum Gasteiger partial charge on any atom is -0.465 e. The van der Waals surface area contributed by atoms with Crippen LogP contribution in [0, 0.1) is 3.57 Å². The fraction of sp³-hybridized carbons (Fsp3) is 0.167. The smallest absolute Gasteiger partial charge is 0.153 e. The Bertz CT molecular complexity index is 488. The van der Waals surface area contributed by atoms with Crippen LogP contribution in [-0.2, 0) is 5.60 Å². The Labute approximate surface area is 116 Å². The van der Waals surface area contributed by atoms with Gasteiger partial charge in [0.2, 0.25) is 0 Å². The lowest BCUT2D eigenvalue weighted by atomic mass is 9.93. The summed E-state index contributed by atoms with van der Waals surface area (Å²) in [5, 5.41) is 10.5. The van der Waals surface area contributed by atoms with Crippen molar-refractivity contribution in [3.05, 3.63) is 56.0 Å². The van der Waals surface area contributed by atoms with E-state index < -0.39 is 5.60 Å². The minimum atomic E-state index is -1.12. The Morgan fingerprint density at radius 2 is 1.88 bits per heavy atom. The summed E-state index contributed by atoms with van der Waals surface area (Å²) in [6.07, 6.45) is 1.56. The zero-order chi connectivity index (χ0) is 11.8. The third kappa shape index (κ3) is 2.19. The van der Waals surface area contributed by atoms with Gasteiger partial charge in [0, 0.05) is 3.57 Å². The molecule has 0 bridgehead atoms. The fourth-order valence-electron chi connectivity index (χ4n) is 1.55. The summed E-state index contributed by atoms with van der Waals surface area (Å²) in [7, 11) is 0. The van der Waals surface area contributed by atoms with E-state index in [0.717, 1.165) is 13.6 Å². The van der Waals surface area contributed by atoms with Crippen LogP contribution in [-0.4, -0.2) is 5.11 Å². The van der Waals surface area contributed by atoms with E-state index in [1.165, 1.54) is 0 Å². The first-order valence-electron chi connectivity index (χ1n) is 4.73. The normalized spacial score (nSPS) is 14.8. The van der Waals surface area contributed by atoms with Gasteiger partial charge >= 0.3 is 0 Å². The van der Waals surface area contributed by atoms with Crippen molar-refractivity contribution in [1.82, 2.24) is 0 Å². The van der Waals surface area contributed by atoms with Crippen molar-refractivity contribution in [3.63, 3.8) is 0 Å². The summed E-state index contributed by atoms with van der Waals surface area (Å²) < 4.78 is 7.22. The summed E-state index contributed by atoms with van der Waals surface area (Å²) in [5.74, 6) is 0.522. The highest BCUT2D eigenvalue weighted by atomic mass is 127. The second-order valence-corrected chi connectivity index (χ2v) is 5.78. The highest BCUT2D eigenvalue weighted by Gasteiger charge is 2.30. The molecule has 1 atom stereocenters. The van der Waals surface area contributed by atoms with Crippen molar-refractivity contribution >= 4 is 38.5 Å². The monoisotopic (exact) mass is 392 g/mol. The molecule has 0 saturated carbocycles. The second kappa shape index (κ2) is 4.50. The maximum absolute atomic E-state index is 10.5. The van der Waals surface area contributed by atoms with Crippen LogP contribution in [0.5, 0.6) is 0 Å². The number of hydrogen-bond donors (Lipinski definition) is 1. The third-order valence-corrected chi connectivity index (χ3v) is 3.81. The first-order chi connectivity index (χ1) is 7.51. The van der Waals surface area contributed by atoms with Gasteiger partial charge in [-0.05, 0) is 69.2 Å². The van der Waals surface area contributed by atoms with Crippen molar-refractivity contribution in [3.8, 4) is 0 Å². The lowest BCUT2D eigenvalue weighted by molar-refractivity contribution is 0.0758. The van der Waals surface area contributed by atoms with Gasteiger partial charge in [-0.3, -0.25) is 0 Å². The van der Waals surface area contributed by atoms with E-state index in [1.807, 2.05) is 24.3 Å². The standard InChI is InChI=1S/C12H10BrIO2/c1-12(15,11-10(13)6-7-16-11)8-2-4-9(14)5-3-8/h2-7,15H,1H3. The Morgan fingerprint density at radius 3 is 2.38 bits per heavy atom. The quantitative estimate of drug-likeness (QED) is 0.786. The summed E-state index contributed by atoms with van der Waals surface area (Å²) in [6, 6.07) is 9.49. The molecule has 0 spiro atoms. The van der Waals surface area contributed by atoms with E-state index in [9.17, 15) is 5.11 Å². The predicted octanol–water partition coefficient (Wildman–Crippen LogP) is 3.90. The fourth-order valence-corrected chi connectivity index (χ4v) is 2.49. The van der Waals surface area contributed by atoms with Crippen LogP contribution >= 0.6 is 38.5 Å². The third-order valence-electron chi connectivity index (χ3n) is 2.47. The van der Waals surface area contributed by atoms with E-state index >= 15 is 0 Å². The first kappa shape index (κ1) is 12.1. The van der Waals surface area contributed by atoms with Crippen molar-refractivity contribution in [2.45, 2.75) is 12.5 Å². The number of hydrogen-bond acceptors (Lipinski definition) is 2. The molecule has 1 unspecified atom stereocenters. The average Bonchev–Trinajstić information content (AvgIpc) is 2.66. The van der Waals surface area contributed by atoms with Crippen LogP contribution in [0.15, 0.2) is 45.5 Å². The van der Waals surface area contributed by atoms with Gasteiger partial charge in [0.25, 0.3) is 0 Å². The zero-order valence-corrected chi connectivity index (χ0v) is 12.3. The first-order valence-corrected chi connectivity index (χ1v) is 6.61. The SMILES string of the molecule is CC(O)(c1ccc(I)cc1)c1occc1Br. The van der Waals surface area contributed by atoms with E-state index in [1.54, 1.807) is 19.3 Å². The van der Waals surface area contributed by atoms with Gasteiger partial charge in [0.15, 0.2) is 5.76 Å². The summed E-state index contributed by atoms with van der Waals surface area (Å²) >= 11 is 5.59. The largest absolute Gasteiger partial charge is 0.465 e. The molecule has 2 nitrogen and oxygen atoms in total. The number of rotatable bonds is 2. The molecule has 0 amide bonds. The number of aliphatic hydroxyl groups is 1. The number of halogens is 2. The maximum atomic E-state index is 10.5. The van der Waals surface area contributed by atoms with Crippen LogP contribution in [0.2, 0.25) is 0 Å². The molecule has 1 heterocycles. The Hall–Kier alpha value is -0.330. The Kier molecular flexibility index (Phi) is 3.42. The van der Waals surface area contributed by atoms with Crippen molar-refractivity contribution in [2.75, 3.05) is 0 Å². The second-order valence-electron chi connectivity index (χ2n) is 3.68. The molecule has 0 aliphatic carbocycles. The molecule has 0 fully saturated rings. The van der Waals surface area contributed by atoms with Gasteiger partial charge < -0.3 is 9.52 Å². The molecule has 84 valence electrons. The van der Waals surface area contributed by atoms with Crippen LogP contribution in [0.25, 0.3) is 0 Å². The molecule has 0 aliphatic heterocycles. The van der Waals surface area contributed by atoms with E-state index in [2.05, 4.69) is 38.5 Å². The molecule has 0 radical (unpaired) electrons. The molecule has 0 aliphatic rings. The summed E-state index contributed by atoms with van der Waals surface area (Å²) in [6.45, 7) is 1.72. The Balaban J connectivity index is 2.46. The highest BCUT2D eigenvalue weighted by molar-refractivity contribution is 14.1. The molecule has 1 N–H and O–H groups in total. The zero-order valence-electron chi connectivity index (χ0n) is 8.58. The molecule has 4 heteroatoms. The lowest BCUT2D eigenvalue weighted by Crippen LogP contribution is -2.22. The molecule has 1 aromatic carbocycles. The molecule has 0 saturated heterocycles. The van der Waals surface area contributed by atoms with Gasteiger partial charge in [0.05, 0.1) is 10.7 Å². The van der Waals surface area contributed by atoms with E-state index in [-0.39, 0.29) is 0 Å². The van der Waals surface area contributed by atoms with Gasteiger partial charge in [0.1, 0.15) is 5.60 Å². The maximum Gasteiger partial charge on any atom is 0.153 e.